The third-order valence-corrected chi connectivity index (χ3v) is 4.45. The van der Waals surface area contributed by atoms with Gasteiger partial charge >= 0.3 is 6.18 Å². The number of amides is 1. The van der Waals surface area contributed by atoms with Gasteiger partial charge in [-0.15, -0.1) is 0 Å². The number of hydrogen-bond acceptors (Lipinski definition) is 2. The normalized spacial score (nSPS) is 12.9. The topological polar surface area (TPSA) is 43.3 Å². The number of aromatic nitrogens is 1. The molecule has 0 saturated heterocycles. The van der Waals surface area contributed by atoms with E-state index in [-0.39, 0.29) is 28.0 Å². The van der Waals surface area contributed by atoms with E-state index in [0.29, 0.717) is 0 Å². The second-order valence-electron chi connectivity index (χ2n) is 5.33. The van der Waals surface area contributed by atoms with E-state index in [2.05, 4.69) is 5.32 Å². The Labute approximate surface area is 152 Å². The minimum Gasteiger partial charge on any atom is -0.382 e. The first kappa shape index (κ1) is 19.6. The fourth-order valence-electron chi connectivity index (χ4n) is 2.31. The predicted octanol–water partition coefficient (Wildman–Crippen LogP) is 4.47. The highest BCUT2D eigenvalue weighted by molar-refractivity contribution is 6.41. The molecule has 0 bridgehead atoms. The zero-order valence-corrected chi connectivity index (χ0v) is 14.8. The molecule has 2 rings (SSSR count). The van der Waals surface area contributed by atoms with Gasteiger partial charge in [-0.1, -0.05) is 35.3 Å². The third kappa shape index (κ3) is 4.48. The zero-order chi connectivity index (χ0) is 18.8. The van der Waals surface area contributed by atoms with Crippen LogP contribution < -0.4 is 5.32 Å². The highest BCUT2D eigenvalue weighted by Crippen LogP contribution is 2.31. The molecule has 0 fully saturated rings. The van der Waals surface area contributed by atoms with Crippen molar-refractivity contribution in [1.82, 2.24) is 9.88 Å². The second-order valence-corrected chi connectivity index (χ2v) is 6.10. The number of carbonyl (C=O) groups excluding carboxylic acids is 1. The molecule has 1 aromatic heterocycles. The van der Waals surface area contributed by atoms with Crippen LogP contribution in [-0.4, -0.2) is 24.2 Å². The van der Waals surface area contributed by atoms with Gasteiger partial charge in [-0.2, -0.15) is 13.2 Å². The van der Waals surface area contributed by atoms with Gasteiger partial charge in [0.15, 0.2) is 0 Å². The number of methoxy groups -OCH3 is 1. The molecule has 9 heteroatoms. The van der Waals surface area contributed by atoms with E-state index >= 15 is 0 Å². The van der Waals surface area contributed by atoms with E-state index in [1.807, 2.05) is 0 Å². The summed E-state index contributed by atoms with van der Waals surface area (Å²) in [6, 6.07) is 5.33. The van der Waals surface area contributed by atoms with Gasteiger partial charge in [0.1, 0.15) is 10.8 Å². The number of benzene rings is 1. The average Bonchev–Trinajstić information content (AvgIpc) is 2.81. The molecule has 136 valence electrons. The summed E-state index contributed by atoms with van der Waals surface area (Å²) in [6.07, 6.45) is -4.48. The van der Waals surface area contributed by atoms with Gasteiger partial charge in [0, 0.05) is 14.2 Å². The summed E-state index contributed by atoms with van der Waals surface area (Å²) in [7, 11) is 2.95. The molecule has 2 aromatic rings. The van der Waals surface area contributed by atoms with Crippen LogP contribution in [0.3, 0.4) is 0 Å². The molecule has 1 N–H and O–H groups in total. The number of hydrogen-bond donors (Lipinski definition) is 1. The van der Waals surface area contributed by atoms with Crippen molar-refractivity contribution in [1.29, 1.82) is 0 Å². The number of alkyl halides is 3. The zero-order valence-electron chi connectivity index (χ0n) is 13.3. The summed E-state index contributed by atoms with van der Waals surface area (Å²) >= 11 is 11.8. The van der Waals surface area contributed by atoms with Gasteiger partial charge in [0.25, 0.3) is 5.91 Å². The predicted molar refractivity (Wildman–Crippen MR) is 89.0 cm³/mol. The minimum absolute atomic E-state index is 0.00105. The maximum atomic E-state index is 12.9. The number of halogens is 5. The summed E-state index contributed by atoms with van der Waals surface area (Å²) in [6.45, 7) is -0.00105. The van der Waals surface area contributed by atoms with Crippen LogP contribution >= 0.6 is 23.2 Å². The molecule has 0 aliphatic carbocycles. The van der Waals surface area contributed by atoms with Crippen molar-refractivity contribution in [2.75, 3.05) is 13.7 Å². The van der Waals surface area contributed by atoms with Crippen LogP contribution in [0.25, 0.3) is 0 Å². The number of nitrogens with one attached hydrogen (secondary N) is 1. The van der Waals surface area contributed by atoms with Crippen LogP contribution in [0.15, 0.2) is 30.3 Å². The van der Waals surface area contributed by atoms with E-state index in [9.17, 15) is 18.0 Å². The first-order valence-corrected chi connectivity index (χ1v) is 7.88. The summed E-state index contributed by atoms with van der Waals surface area (Å²) in [4.78, 5) is 12.4. The summed E-state index contributed by atoms with van der Waals surface area (Å²) in [5.41, 5.74) is -0.343. The van der Waals surface area contributed by atoms with Crippen LogP contribution in [-0.2, 0) is 18.0 Å². The molecule has 1 heterocycles. The quantitative estimate of drug-likeness (QED) is 0.812. The monoisotopic (exact) mass is 394 g/mol. The van der Waals surface area contributed by atoms with E-state index in [0.717, 1.165) is 12.1 Å². The Bertz CT molecular complexity index is 775. The fourth-order valence-corrected chi connectivity index (χ4v) is 2.69. The summed E-state index contributed by atoms with van der Waals surface area (Å²) in [5, 5.41) is 3.04. The van der Waals surface area contributed by atoms with Gasteiger partial charge in [-0.25, -0.2) is 0 Å². The molecular formula is C16H15Cl2F3N2O2. The maximum Gasteiger partial charge on any atom is 0.416 e. The van der Waals surface area contributed by atoms with Crippen LogP contribution in [0.2, 0.25) is 10.2 Å². The molecule has 1 atom stereocenters. The molecule has 0 saturated carbocycles. The summed E-state index contributed by atoms with van der Waals surface area (Å²) in [5.74, 6) is -0.532. The smallest absolute Gasteiger partial charge is 0.382 e. The first-order chi connectivity index (χ1) is 11.6. The average molecular weight is 395 g/mol. The Kier molecular flexibility index (Phi) is 6.03. The van der Waals surface area contributed by atoms with Crippen molar-refractivity contribution in [3.05, 3.63) is 57.3 Å². The number of nitrogens with zero attached hydrogens (tertiary/aromatic N) is 1. The molecule has 1 aromatic carbocycles. The largest absolute Gasteiger partial charge is 0.416 e. The number of ether oxygens (including phenoxy) is 1. The molecule has 0 spiro atoms. The minimum atomic E-state index is -4.48. The molecule has 4 nitrogen and oxygen atoms in total. The highest BCUT2D eigenvalue weighted by atomic mass is 35.5. The van der Waals surface area contributed by atoms with Crippen LogP contribution in [0.1, 0.15) is 27.7 Å². The Balaban J connectivity index is 2.29. The van der Waals surface area contributed by atoms with Crippen LogP contribution in [0.4, 0.5) is 13.2 Å². The van der Waals surface area contributed by atoms with E-state index in [1.54, 1.807) is 7.05 Å². The van der Waals surface area contributed by atoms with Crippen LogP contribution in [0, 0.1) is 0 Å². The van der Waals surface area contributed by atoms with Gasteiger partial charge in [-0.05, 0) is 23.8 Å². The molecule has 0 aliphatic heterocycles. The molecule has 25 heavy (non-hydrogen) atoms. The highest BCUT2D eigenvalue weighted by Gasteiger charge is 2.31. The molecular weight excluding hydrogens is 380 g/mol. The first-order valence-electron chi connectivity index (χ1n) is 7.12. The van der Waals surface area contributed by atoms with Crippen molar-refractivity contribution >= 4 is 29.1 Å². The standard InChI is InChI=1S/C16H15Cl2F3N2O2/c1-23-13(7-11(17)14(23)18)15(24)22-12(8-25-2)9-4-3-5-10(6-9)16(19,20)21/h3-7,12H,8H2,1-2H3,(H,22,24). The van der Waals surface area contributed by atoms with Crippen molar-refractivity contribution < 1.29 is 22.7 Å². The molecule has 0 radical (unpaired) electrons. The van der Waals surface area contributed by atoms with Crippen molar-refractivity contribution in [3.8, 4) is 0 Å². The lowest BCUT2D eigenvalue weighted by molar-refractivity contribution is -0.137. The number of carbonyl (C=O) groups is 1. The van der Waals surface area contributed by atoms with Gasteiger partial charge in [0.2, 0.25) is 0 Å². The van der Waals surface area contributed by atoms with Crippen molar-refractivity contribution in [2.24, 2.45) is 7.05 Å². The summed E-state index contributed by atoms with van der Waals surface area (Å²) < 4.78 is 45.1. The molecule has 0 aliphatic rings. The maximum absolute atomic E-state index is 12.9. The van der Waals surface area contributed by atoms with Gasteiger partial charge < -0.3 is 14.6 Å². The van der Waals surface area contributed by atoms with Crippen molar-refractivity contribution in [2.45, 2.75) is 12.2 Å². The Morgan fingerprint density at radius 1 is 1.32 bits per heavy atom. The Morgan fingerprint density at radius 3 is 2.52 bits per heavy atom. The lowest BCUT2D eigenvalue weighted by Crippen LogP contribution is -2.32. The van der Waals surface area contributed by atoms with E-state index in [4.69, 9.17) is 27.9 Å². The van der Waals surface area contributed by atoms with Gasteiger partial charge in [-0.3, -0.25) is 4.79 Å². The SMILES string of the molecule is COCC(NC(=O)c1cc(Cl)c(Cl)n1C)c1cccc(C(F)(F)F)c1. The Morgan fingerprint density at radius 2 is 2.00 bits per heavy atom. The Hall–Kier alpha value is -1.70. The lowest BCUT2D eigenvalue weighted by atomic mass is 10.0. The lowest BCUT2D eigenvalue weighted by Gasteiger charge is -2.20. The van der Waals surface area contributed by atoms with Crippen LogP contribution in [0.5, 0.6) is 0 Å². The number of rotatable bonds is 5. The molecule has 1 amide bonds. The molecule has 1 unspecified atom stereocenters. The van der Waals surface area contributed by atoms with E-state index in [1.165, 1.54) is 29.9 Å². The van der Waals surface area contributed by atoms with Crippen molar-refractivity contribution in [3.63, 3.8) is 0 Å². The second kappa shape index (κ2) is 7.68. The van der Waals surface area contributed by atoms with Gasteiger partial charge in [0.05, 0.1) is 23.2 Å². The fraction of sp³-hybridized carbons (Fsp3) is 0.312. The van der Waals surface area contributed by atoms with E-state index < -0.39 is 23.7 Å². The third-order valence-electron chi connectivity index (χ3n) is 3.60.